The zero-order valence-corrected chi connectivity index (χ0v) is 16.9. The van der Waals surface area contributed by atoms with Gasteiger partial charge in [-0.3, -0.25) is 0 Å². The number of aryl methyl sites for hydroxylation is 1. The minimum absolute atomic E-state index is 0.498. The third-order valence-electron chi connectivity index (χ3n) is 3.26. The maximum atomic E-state index is 5.91. The van der Waals surface area contributed by atoms with E-state index in [1.165, 1.54) is 0 Å². The Morgan fingerprint density at radius 3 is 2.21 bits per heavy atom. The lowest BCUT2D eigenvalue weighted by molar-refractivity contribution is 0.339. The summed E-state index contributed by atoms with van der Waals surface area (Å²) in [6, 6.07) is 13.5. The fraction of sp³-hybridized carbons (Fsp3) is 0.263. The van der Waals surface area contributed by atoms with E-state index in [0.717, 1.165) is 38.4 Å². The topological polar surface area (TPSA) is 27.7 Å². The molecule has 0 unspecified atom stereocenters. The van der Waals surface area contributed by atoms with Gasteiger partial charge in [0.25, 0.3) is 0 Å². The van der Waals surface area contributed by atoms with Gasteiger partial charge in [-0.25, -0.2) is 0 Å². The predicted molar refractivity (Wildman–Crippen MR) is 105 cm³/mol. The van der Waals surface area contributed by atoms with Crippen molar-refractivity contribution in [1.29, 1.82) is 0 Å². The third kappa shape index (κ3) is 5.87. The highest BCUT2D eigenvalue weighted by molar-refractivity contribution is 9.28. The van der Waals surface area contributed by atoms with E-state index in [2.05, 4.69) is 38.8 Å². The van der Waals surface area contributed by atoms with Crippen molar-refractivity contribution in [1.82, 2.24) is 0 Å². The van der Waals surface area contributed by atoms with Crippen LogP contribution in [0.2, 0.25) is 0 Å². The van der Waals surface area contributed by atoms with E-state index >= 15 is 0 Å². The lowest BCUT2D eigenvalue weighted by Crippen LogP contribution is -1.98. The molecule has 3 nitrogen and oxygen atoms in total. The first kappa shape index (κ1) is 18.9. The van der Waals surface area contributed by atoms with Gasteiger partial charge in [0.05, 0.1) is 10.00 Å². The lowest BCUT2D eigenvalue weighted by atomic mass is 10.1. The molecule has 2 aromatic carbocycles. The number of halogens is 2. The summed E-state index contributed by atoms with van der Waals surface area (Å²) in [4.78, 5) is 0. The van der Waals surface area contributed by atoms with Gasteiger partial charge in [-0.2, -0.15) is 0 Å². The largest absolute Gasteiger partial charge is 0.494 e. The van der Waals surface area contributed by atoms with Crippen molar-refractivity contribution in [3.63, 3.8) is 0 Å². The Labute approximate surface area is 159 Å². The average molecular weight is 456 g/mol. The molecule has 0 aliphatic rings. The second kappa shape index (κ2) is 9.74. The van der Waals surface area contributed by atoms with Crippen LogP contribution in [0.15, 0.2) is 51.9 Å². The van der Waals surface area contributed by atoms with Crippen LogP contribution in [0.25, 0.3) is 0 Å². The van der Waals surface area contributed by atoms with Crippen LogP contribution < -0.4 is 14.2 Å². The molecule has 0 fully saturated rings. The van der Waals surface area contributed by atoms with Gasteiger partial charge in [0.15, 0.2) is 0 Å². The van der Waals surface area contributed by atoms with Crippen molar-refractivity contribution >= 4 is 31.9 Å². The second-order valence-corrected chi connectivity index (χ2v) is 7.71. The molecule has 5 heteroatoms. The molecule has 0 saturated carbocycles. The average Bonchev–Trinajstić information content (AvgIpc) is 2.57. The van der Waals surface area contributed by atoms with Gasteiger partial charge in [-0.05, 0) is 99.3 Å². The minimum Gasteiger partial charge on any atom is -0.494 e. The SMILES string of the molecule is CCOc1ccc(Oc2ccc(OCC=C(Br)Br)c(CC)c2)cc1. The van der Waals surface area contributed by atoms with Crippen LogP contribution in [0.5, 0.6) is 23.0 Å². The molecule has 0 aromatic heterocycles. The van der Waals surface area contributed by atoms with Crippen molar-refractivity contribution in [2.75, 3.05) is 13.2 Å². The van der Waals surface area contributed by atoms with Crippen molar-refractivity contribution in [2.45, 2.75) is 20.3 Å². The summed E-state index contributed by atoms with van der Waals surface area (Å²) in [6.45, 7) is 5.21. The Kier molecular flexibility index (Phi) is 7.66. The van der Waals surface area contributed by atoms with Crippen LogP contribution in [0.4, 0.5) is 0 Å². The van der Waals surface area contributed by atoms with Crippen molar-refractivity contribution in [2.24, 2.45) is 0 Å². The normalized spacial score (nSPS) is 10.2. The molecule has 0 bridgehead atoms. The number of hydrogen-bond donors (Lipinski definition) is 0. The zero-order chi connectivity index (χ0) is 17.4. The summed E-state index contributed by atoms with van der Waals surface area (Å²) in [5, 5.41) is 0. The second-order valence-electron chi connectivity index (χ2n) is 4.93. The molecule has 0 heterocycles. The highest BCUT2D eigenvalue weighted by atomic mass is 79.9. The molecule has 0 atom stereocenters. The Hall–Kier alpha value is -1.46. The predicted octanol–water partition coefficient (Wildman–Crippen LogP) is 6.45. The lowest BCUT2D eigenvalue weighted by Gasteiger charge is -2.12. The van der Waals surface area contributed by atoms with Crippen molar-refractivity contribution < 1.29 is 14.2 Å². The highest BCUT2D eigenvalue weighted by Gasteiger charge is 2.06. The maximum absolute atomic E-state index is 5.91. The molecule has 24 heavy (non-hydrogen) atoms. The van der Waals surface area contributed by atoms with Gasteiger partial charge >= 0.3 is 0 Å². The molecule has 0 saturated heterocycles. The molecule has 0 spiro atoms. The van der Waals surface area contributed by atoms with E-state index in [9.17, 15) is 0 Å². The molecular formula is C19H20Br2O3. The van der Waals surface area contributed by atoms with E-state index in [-0.39, 0.29) is 0 Å². The van der Waals surface area contributed by atoms with Gasteiger partial charge in [-0.15, -0.1) is 0 Å². The van der Waals surface area contributed by atoms with Crippen molar-refractivity contribution in [3.8, 4) is 23.0 Å². The molecule has 2 aromatic rings. The first-order valence-corrected chi connectivity index (χ1v) is 9.38. The Bertz CT molecular complexity index is 678. The smallest absolute Gasteiger partial charge is 0.127 e. The highest BCUT2D eigenvalue weighted by Crippen LogP contribution is 2.29. The summed E-state index contributed by atoms with van der Waals surface area (Å²) in [7, 11) is 0. The molecule has 0 radical (unpaired) electrons. The van der Waals surface area contributed by atoms with Gasteiger partial charge in [-0.1, -0.05) is 6.92 Å². The fourth-order valence-electron chi connectivity index (χ4n) is 2.14. The molecule has 0 amide bonds. The number of hydrogen-bond acceptors (Lipinski definition) is 3. The Balaban J connectivity index is 2.06. The van der Waals surface area contributed by atoms with E-state index in [4.69, 9.17) is 14.2 Å². The van der Waals surface area contributed by atoms with Gasteiger partial charge in [0, 0.05) is 0 Å². The first-order valence-electron chi connectivity index (χ1n) is 7.80. The van der Waals surface area contributed by atoms with Crippen molar-refractivity contribution in [3.05, 3.63) is 57.5 Å². The molecule has 0 aliphatic carbocycles. The van der Waals surface area contributed by atoms with Crippen LogP contribution in [0.3, 0.4) is 0 Å². The van der Waals surface area contributed by atoms with Crippen LogP contribution in [0.1, 0.15) is 19.4 Å². The molecule has 2 rings (SSSR count). The number of ether oxygens (including phenoxy) is 3. The van der Waals surface area contributed by atoms with E-state index in [1.807, 2.05) is 55.5 Å². The number of rotatable bonds is 8. The summed E-state index contributed by atoms with van der Waals surface area (Å²) in [5.41, 5.74) is 1.11. The summed E-state index contributed by atoms with van der Waals surface area (Å²) in [5.74, 6) is 3.28. The molecule has 128 valence electrons. The van der Waals surface area contributed by atoms with Gasteiger partial charge in [0.1, 0.15) is 29.6 Å². The third-order valence-corrected chi connectivity index (χ3v) is 3.91. The van der Waals surface area contributed by atoms with E-state index < -0.39 is 0 Å². The van der Waals surface area contributed by atoms with Crippen LogP contribution in [-0.4, -0.2) is 13.2 Å². The quantitative estimate of drug-likeness (QED) is 0.457. The van der Waals surface area contributed by atoms with E-state index in [1.54, 1.807) is 0 Å². The van der Waals surface area contributed by atoms with Crippen LogP contribution >= 0.6 is 31.9 Å². The molecular weight excluding hydrogens is 436 g/mol. The Morgan fingerprint density at radius 2 is 1.58 bits per heavy atom. The maximum Gasteiger partial charge on any atom is 0.127 e. The molecule has 0 N–H and O–H groups in total. The van der Waals surface area contributed by atoms with E-state index in [0.29, 0.717) is 13.2 Å². The number of benzene rings is 2. The van der Waals surface area contributed by atoms with Gasteiger partial charge < -0.3 is 14.2 Å². The molecule has 0 aliphatic heterocycles. The zero-order valence-electron chi connectivity index (χ0n) is 13.7. The monoisotopic (exact) mass is 454 g/mol. The van der Waals surface area contributed by atoms with Crippen LogP contribution in [-0.2, 0) is 6.42 Å². The summed E-state index contributed by atoms with van der Waals surface area (Å²) in [6.07, 6.45) is 2.78. The fourth-order valence-corrected chi connectivity index (χ4v) is 2.40. The van der Waals surface area contributed by atoms with Crippen LogP contribution in [0, 0.1) is 0 Å². The summed E-state index contributed by atoms with van der Waals surface area (Å²) >= 11 is 6.63. The minimum atomic E-state index is 0.498. The standard InChI is InChI=1S/C19H20Br2O3/c1-3-14-13-17(9-10-18(14)23-12-11-19(20)21)24-16-7-5-15(6-8-16)22-4-2/h5-11,13H,3-4,12H2,1-2H3. The first-order chi connectivity index (χ1) is 11.6. The van der Waals surface area contributed by atoms with Gasteiger partial charge in [0.2, 0.25) is 0 Å². The summed E-state index contributed by atoms with van der Waals surface area (Å²) < 4.78 is 18.0. The Morgan fingerprint density at radius 1 is 0.917 bits per heavy atom.